The topological polar surface area (TPSA) is 87.2 Å². The Kier molecular flexibility index (Phi) is 3.89. The zero-order valence-corrected chi connectivity index (χ0v) is 12.8. The van der Waals surface area contributed by atoms with E-state index in [1.165, 1.54) is 6.92 Å². The molecule has 0 spiro atoms. The zero-order chi connectivity index (χ0) is 16.4. The van der Waals surface area contributed by atoms with Crippen molar-refractivity contribution in [1.82, 2.24) is 9.97 Å². The lowest BCUT2D eigenvalue weighted by Crippen LogP contribution is -2.23. The number of aliphatic carboxylic acids is 1. The normalized spacial score (nSPS) is 12.1. The van der Waals surface area contributed by atoms with E-state index >= 15 is 0 Å². The van der Waals surface area contributed by atoms with Gasteiger partial charge in [0.2, 0.25) is 0 Å². The molecule has 3 rings (SSSR count). The van der Waals surface area contributed by atoms with Gasteiger partial charge in [-0.25, -0.2) is 9.78 Å². The number of carboxylic acid groups (broad SMARTS) is 1. The van der Waals surface area contributed by atoms with Gasteiger partial charge in [0.15, 0.2) is 6.10 Å². The number of para-hydroxylation sites is 1. The first-order valence-corrected chi connectivity index (χ1v) is 7.25. The predicted octanol–water partition coefficient (Wildman–Crippen LogP) is 3.12. The van der Waals surface area contributed by atoms with Gasteiger partial charge < -0.3 is 20.1 Å². The first-order chi connectivity index (χ1) is 11.1. The molecule has 0 saturated carbocycles. The maximum Gasteiger partial charge on any atom is 0.344 e. The van der Waals surface area contributed by atoms with Crippen LogP contribution in [0.25, 0.3) is 22.2 Å². The van der Waals surface area contributed by atoms with Gasteiger partial charge in [0.1, 0.15) is 17.2 Å². The summed E-state index contributed by atoms with van der Waals surface area (Å²) in [6.45, 7) is 1.51. The first-order valence-electron chi connectivity index (χ1n) is 7.25. The summed E-state index contributed by atoms with van der Waals surface area (Å²) < 4.78 is 5.61. The number of benzene rings is 1. The van der Waals surface area contributed by atoms with Crippen molar-refractivity contribution in [2.24, 2.45) is 0 Å². The SMILES string of the molecule is CNc1cc(-c2ccccc2OC(C)C(=O)O)c2cc[nH]c2n1. The van der Waals surface area contributed by atoms with Crippen LogP contribution in [0.15, 0.2) is 42.6 Å². The highest BCUT2D eigenvalue weighted by Gasteiger charge is 2.17. The molecule has 2 heterocycles. The Hall–Kier alpha value is -3.02. The molecule has 0 radical (unpaired) electrons. The predicted molar refractivity (Wildman–Crippen MR) is 88.8 cm³/mol. The lowest BCUT2D eigenvalue weighted by Gasteiger charge is -2.15. The number of ether oxygens (including phenoxy) is 1. The Morgan fingerprint density at radius 2 is 2.09 bits per heavy atom. The average Bonchev–Trinajstić information content (AvgIpc) is 3.02. The zero-order valence-electron chi connectivity index (χ0n) is 12.8. The van der Waals surface area contributed by atoms with Crippen molar-refractivity contribution < 1.29 is 14.6 Å². The maximum atomic E-state index is 11.1. The third-order valence-electron chi connectivity index (χ3n) is 3.61. The molecule has 1 atom stereocenters. The smallest absolute Gasteiger partial charge is 0.344 e. The summed E-state index contributed by atoms with van der Waals surface area (Å²) in [5.41, 5.74) is 2.51. The lowest BCUT2D eigenvalue weighted by atomic mass is 10.0. The summed E-state index contributed by atoms with van der Waals surface area (Å²) in [6, 6.07) is 11.3. The second-order valence-corrected chi connectivity index (χ2v) is 5.14. The number of aromatic nitrogens is 2. The minimum atomic E-state index is -1.00. The molecule has 1 aromatic carbocycles. The van der Waals surface area contributed by atoms with E-state index in [0.29, 0.717) is 5.75 Å². The molecule has 3 aromatic rings. The summed E-state index contributed by atoms with van der Waals surface area (Å²) in [4.78, 5) is 18.6. The number of rotatable bonds is 5. The Morgan fingerprint density at radius 1 is 1.30 bits per heavy atom. The second-order valence-electron chi connectivity index (χ2n) is 5.14. The van der Waals surface area contributed by atoms with Crippen molar-refractivity contribution in [3.05, 3.63) is 42.6 Å². The van der Waals surface area contributed by atoms with Crippen molar-refractivity contribution in [3.8, 4) is 16.9 Å². The summed E-state index contributed by atoms with van der Waals surface area (Å²) in [6.07, 6.45) is 0.896. The Labute approximate surface area is 133 Å². The Balaban J connectivity index is 2.15. The number of fused-ring (bicyclic) bond motifs is 1. The number of nitrogens with one attached hydrogen (secondary N) is 2. The van der Waals surface area contributed by atoms with Crippen LogP contribution in [-0.4, -0.2) is 34.2 Å². The highest BCUT2D eigenvalue weighted by Crippen LogP contribution is 2.36. The van der Waals surface area contributed by atoms with E-state index in [0.717, 1.165) is 28.0 Å². The molecule has 6 nitrogen and oxygen atoms in total. The number of pyridine rings is 1. The molecule has 0 aliphatic heterocycles. The van der Waals surface area contributed by atoms with Gasteiger partial charge >= 0.3 is 5.97 Å². The minimum Gasteiger partial charge on any atom is -0.479 e. The van der Waals surface area contributed by atoms with Gasteiger partial charge in [-0.2, -0.15) is 0 Å². The van der Waals surface area contributed by atoms with Crippen LogP contribution in [0.5, 0.6) is 5.75 Å². The quantitative estimate of drug-likeness (QED) is 0.674. The van der Waals surface area contributed by atoms with Crippen LogP contribution in [0.2, 0.25) is 0 Å². The molecular formula is C17H17N3O3. The Bertz CT molecular complexity index is 857. The molecule has 0 bridgehead atoms. The molecule has 0 saturated heterocycles. The van der Waals surface area contributed by atoms with Gasteiger partial charge in [0.05, 0.1) is 0 Å². The summed E-state index contributed by atoms with van der Waals surface area (Å²) >= 11 is 0. The third-order valence-corrected chi connectivity index (χ3v) is 3.61. The maximum absolute atomic E-state index is 11.1. The van der Waals surface area contributed by atoms with Crippen LogP contribution in [0.4, 0.5) is 5.82 Å². The molecule has 6 heteroatoms. The monoisotopic (exact) mass is 311 g/mol. The van der Waals surface area contributed by atoms with E-state index in [-0.39, 0.29) is 0 Å². The standard InChI is InChI=1S/C17H17N3O3/c1-10(17(21)22)23-14-6-4-3-5-11(14)13-9-15(18-2)20-16-12(13)7-8-19-16/h3-10H,1-2H3,(H,21,22)(H2,18,19,20). The van der Waals surface area contributed by atoms with Crippen LogP contribution in [0.3, 0.4) is 0 Å². The molecule has 1 unspecified atom stereocenters. The van der Waals surface area contributed by atoms with Gasteiger partial charge in [-0.15, -0.1) is 0 Å². The summed E-state index contributed by atoms with van der Waals surface area (Å²) in [7, 11) is 1.80. The molecular weight excluding hydrogens is 294 g/mol. The summed E-state index contributed by atoms with van der Waals surface area (Å²) in [5, 5.41) is 13.1. The van der Waals surface area contributed by atoms with E-state index in [1.54, 1.807) is 13.1 Å². The van der Waals surface area contributed by atoms with E-state index in [4.69, 9.17) is 9.84 Å². The van der Waals surface area contributed by atoms with Crippen LogP contribution in [0.1, 0.15) is 6.92 Å². The molecule has 2 aromatic heterocycles. The van der Waals surface area contributed by atoms with E-state index in [1.807, 2.05) is 36.5 Å². The fourth-order valence-electron chi connectivity index (χ4n) is 2.42. The minimum absolute atomic E-state index is 0.526. The van der Waals surface area contributed by atoms with Crippen molar-refractivity contribution >= 4 is 22.8 Å². The fourth-order valence-corrected chi connectivity index (χ4v) is 2.42. The van der Waals surface area contributed by atoms with Gasteiger partial charge in [-0.1, -0.05) is 18.2 Å². The van der Waals surface area contributed by atoms with Crippen molar-refractivity contribution in [2.75, 3.05) is 12.4 Å². The van der Waals surface area contributed by atoms with Gasteiger partial charge in [0.25, 0.3) is 0 Å². The van der Waals surface area contributed by atoms with Crippen LogP contribution >= 0.6 is 0 Å². The summed E-state index contributed by atoms with van der Waals surface area (Å²) in [5.74, 6) is 0.242. The molecule has 0 fully saturated rings. The average molecular weight is 311 g/mol. The van der Waals surface area contributed by atoms with Crippen molar-refractivity contribution in [3.63, 3.8) is 0 Å². The highest BCUT2D eigenvalue weighted by atomic mass is 16.5. The largest absolute Gasteiger partial charge is 0.479 e. The van der Waals surface area contributed by atoms with E-state index in [9.17, 15) is 4.79 Å². The highest BCUT2D eigenvalue weighted by molar-refractivity contribution is 5.96. The third kappa shape index (κ3) is 2.83. The number of hydrogen-bond acceptors (Lipinski definition) is 4. The number of hydrogen-bond donors (Lipinski definition) is 3. The van der Waals surface area contributed by atoms with Crippen molar-refractivity contribution in [1.29, 1.82) is 0 Å². The lowest BCUT2D eigenvalue weighted by molar-refractivity contribution is -0.144. The number of carbonyl (C=O) groups is 1. The molecule has 0 aliphatic rings. The number of aromatic amines is 1. The van der Waals surface area contributed by atoms with Gasteiger partial charge in [-0.3, -0.25) is 0 Å². The van der Waals surface area contributed by atoms with E-state index < -0.39 is 12.1 Å². The van der Waals surface area contributed by atoms with Crippen LogP contribution in [-0.2, 0) is 4.79 Å². The number of anilines is 1. The van der Waals surface area contributed by atoms with Crippen LogP contribution in [0, 0.1) is 0 Å². The van der Waals surface area contributed by atoms with Gasteiger partial charge in [0, 0.05) is 29.8 Å². The Morgan fingerprint density at radius 3 is 2.83 bits per heavy atom. The molecule has 23 heavy (non-hydrogen) atoms. The number of nitrogens with zero attached hydrogens (tertiary/aromatic N) is 1. The van der Waals surface area contributed by atoms with Crippen LogP contribution < -0.4 is 10.1 Å². The molecule has 3 N–H and O–H groups in total. The molecule has 0 amide bonds. The second kappa shape index (κ2) is 6.00. The van der Waals surface area contributed by atoms with E-state index in [2.05, 4.69) is 15.3 Å². The fraction of sp³-hybridized carbons (Fsp3) is 0.176. The molecule has 118 valence electrons. The van der Waals surface area contributed by atoms with Crippen molar-refractivity contribution in [2.45, 2.75) is 13.0 Å². The molecule has 0 aliphatic carbocycles. The van der Waals surface area contributed by atoms with Gasteiger partial charge in [-0.05, 0) is 25.1 Å². The number of H-pyrrole nitrogens is 1. The number of carboxylic acids is 1. The first kappa shape index (κ1) is 14.9.